The van der Waals surface area contributed by atoms with E-state index in [1.807, 2.05) is 19.1 Å². The molecule has 0 amide bonds. The molecule has 15 heavy (non-hydrogen) atoms. The average molecular weight is 201 g/mol. The van der Waals surface area contributed by atoms with Gasteiger partial charge in [0.25, 0.3) is 0 Å². The van der Waals surface area contributed by atoms with E-state index in [0.717, 1.165) is 37.3 Å². The van der Waals surface area contributed by atoms with Crippen LogP contribution in [0.1, 0.15) is 11.1 Å². The molecule has 3 heteroatoms. The Labute approximate surface area is 90.3 Å². The second-order valence-electron chi connectivity index (χ2n) is 3.91. The van der Waals surface area contributed by atoms with Crippen LogP contribution < -0.4 is 10.2 Å². The van der Waals surface area contributed by atoms with E-state index in [1.165, 1.54) is 5.69 Å². The Kier molecular flexibility index (Phi) is 2.89. The highest BCUT2D eigenvalue weighted by atomic mass is 15.2. The number of anilines is 1. The number of aryl methyl sites for hydroxylation is 1. The minimum absolute atomic E-state index is 0.753. The first kappa shape index (κ1) is 10.0. The van der Waals surface area contributed by atoms with Crippen molar-refractivity contribution in [2.45, 2.75) is 6.92 Å². The zero-order valence-electron chi connectivity index (χ0n) is 8.95. The Bertz CT molecular complexity index is 386. The SMILES string of the molecule is Cc1cc(C#N)cc(N2CCNCC2)c1. The highest BCUT2D eigenvalue weighted by Crippen LogP contribution is 2.18. The lowest BCUT2D eigenvalue weighted by Crippen LogP contribution is -2.43. The Balaban J connectivity index is 2.27. The normalized spacial score (nSPS) is 16.1. The Morgan fingerprint density at radius 3 is 2.67 bits per heavy atom. The number of benzene rings is 1. The molecule has 3 nitrogen and oxygen atoms in total. The first-order valence-corrected chi connectivity index (χ1v) is 5.27. The fraction of sp³-hybridized carbons (Fsp3) is 0.417. The lowest BCUT2D eigenvalue weighted by atomic mass is 10.1. The fourth-order valence-electron chi connectivity index (χ4n) is 1.93. The van der Waals surface area contributed by atoms with Crippen LogP contribution in [0.3, 0.4) is 0 Å². The molecule has 0 aliphatic carbocycles. The van der Waals surface area contributed by atoms with E-state index in [4.69, 9.17) is 5.26 Å². The third-order valence-electron chi connectivity index (χ3n) is 2.67. The van der Waals surface area contributed by atoms with Crippen LogP contribution in [0.15, 0.2) is 18.2 Å². The van der Waals surface area contributed by atoms with Crippen LogP contribution in [0.4, 0.5) is 5.69 Å². The molecule has 0 radical (unpaired) electrons. The third kappa shape index (κ3) is 2.28. The number of hydrogen-bond acceptors (Lipinski definition) is 3. The Hall–Kier alpha value is -1.53. The van der Waals surface area contributed by atoms with Crippen LogP contribution in [0.2, 0.25) is 0 Å². The van der Waals surface area contributed by atoms with Crippen LogP contribution in [0.25, 0.3) is 0 Å². The summed E-state index contributed by atoms with van der Waals surface area (Å²) in [6, 6.07) is 8.24. The number of hydrogen-bond donors (Lipinski definition) is 1. The average Bonchev–Trinajstić information content (AvgIpc) is 2.29. The zero-order valence-corrected chi connectivity index (χ0v) is 8.95. The maximum absolute atomic E-state index is 8.90. The van der Waals surface area contributed by atoms with Gasteiger partial charge in [-0.15, -0.1) is 0 Å². The number of piperazine rings is 1. The quantitative estimate of drug-likeness (QED) is 0.744. The second kappa shape index (κ2) is 4.33. The lowest BCUT2D eigenvalue weighted by Gasteiger charge is -2.29. The predicted molar refractivity (Wildman–Crippen MR) is 61.0 cm³/mol. The summed E-state index contributed by atoms with van der Waals surface area (Å²) >= 11 is 0. The Morgan fingerprint density at radius 2 is 2.00 bits per heavy atom. The molecule has 0 saturated carbocycles. The van der Waals surface area contributed by atoms with Crippen molar-refractivity contribution in [1.29, 1.82) is 5.26 Å². The van der Waals surface area contributed by atoms with E-state index in [9.17, 15) is 0 Å². The molecule has 0 spiro atoms. The van der Waals surface area contributed by atoms with E-state index in [1.54, 1.807) is 0 Å². The molecule has 1 aromatic carbocycles. The van der Waals surface area contributed by atoms with Gasteiger partial charge in [-0.05, 0) is 30.7 Å². The fourth-order valence-corrected chi connectivity index (χ4v) is 1.93. The molecule has 0 aromatic heterocycles. The van der Waals surface area contributed by atoms with Gasteiger partial charge in [0, 0.05) is 31.9 Å². The molecule has 1 saturated heterocycles. The van der Waals surface area contributed by atoms with Gasteiger partial charge in [0.2, 0.25) is 0 Å². The van der Waals surface area contributed by atoms with Gasteiger partial charge in [0.05, 0.1) is 11.6 Å². The summed E-state index contributed by atoms with van der Waals surface area (Å²) in [5.41, 5.74) is 3.08. The van der Waals surface area contributed by atoms with Crippen molar-refractivity contribution in [3.8, 4) is 6.07 Å². The molecule has 1 N–H and O–H groups in total. The van der Waals surface area contributed by atoms with Gasteiger partial charge in [-0.2, -0.15) is 5.26 Å². The molecular weight excluding hydrogens is 186 g/mol. The first-order valence-electron chi connectivity index (χ1n) is 5.27. The molecule has 1 aliphatic rings. The van der Waals surface area contributed by atoms with E-state index in [2.05, 4.69) is 22.4 Å². The molecule has 1 aliphatic heterocycles. The summed E-state index contributed by atoms with van der Waals surface area (Å²) in [6.07, 6.45) is 0. The highest BCUT2D eigenvalue weighted by Gasteiger charge is 2.11. The van der Waals surface area contributed by atoms with Gasteiger partial charge in [0.1, 0.15) is 0 Å². The van der Waals surface area contributed by atoms with Crippen LogP contribution in [-0.4, -0.2) is 26.2 Å². The molecule has 1 aromatic rings. The minimum atomic E-state index is 0.753. The standard InChI is InChI=1S/C12H15N3/c1-10-6-11(9-13)8-12(7-10)15-4-2-14-3-5-15/h6-8,14H,2-5H2,1H3. The van der Waals surface area contributed by atoms with Crippen LogP contribution in [0, 0.1) is 18.3 Å². The number of nitriles is 1. The molecule has 1 fully saturated rings. The molecular formula is C12H15N3. The molecule has 0 bridgehead atoms. The maximum Gasteiger partial charge on any atom is 0.0992 e. The van der Waals surface area contributed by atoms with Gasteiger partial charge < -0.3 is 10.2 Å². The number of rotatable bonds is 1. The van der Waals surface area contributed by atoms with Crippen LogP contribution in [-0.2, 0) is 0 Å². The van der Waals surface area contributed by atoms with Crippen molar-refractivity contribution in [2.75, 3.05) is 31.1 Å². The van der Waals surface area contributed by atoms with Gasteiger partial charge in [0.15, 0.2) is 0 Å². The van der Waals surface area contributed by atoms with Crippen molar-refractivity contribution >= 4 is 5.69 Å². The van der Waals surface area contributed by atoms with Crippen LogP contribution in [0.5, 0.6) is 0 Å². The maximum atomic E-state index is 8.90. The third-order valence-corrected chi connectivity index (χ3v) is 2.67. The summed E-state index contributed by atoms with van der Waals surface area (Å²) in [7, 11) is 0. The van der Waals surface area contributed by atoms with E-state index in [0.29, 0.717) is 0 Å². The molecule has 0 atom stereocenters. The molecule has 0 unspecified atom stereocenters. The van der Waals surface area contributed by atoms with Gasteiger partial charge in [-0.1, -0.05) is 0 Å². The minimum Gasteiger partial charge on any atom is -0.369 e. The van der Waals surface area contributed by atoms with Crippen molar-refractivity contribution < 1.29 is 0 Å². The summed E-state index contributed by atoms with van der Waals surface area (Å²) in [5, 5.41) is 12.2. The van der Waals surface area contributed by atoms with E-state index >= 15 is 0 Å². The predicted octanol–water partition coefficient (Wildman–Crippen LogP) is 1.28. The topological polar surface area (TPSA) is 39.1 Å². The monoisotopic (exact) mass is 201 g/mol. The molecule has 78 valence electrons. The van der Waals surface area contributed by atoms with Crippen LogP contribution >= 0.6 is 0 Å². The largest absolute Gasteiger partial charge is 0.369 e. The number of nitrogens with one attached hydrogen (secondary N) is 1. The number of nitrogens with zero attached hydrogens (tertiary/aromatic N) is 2. The van der Waals surface area contributed by atoms with Gasteiger partial charge in [-0.25, -0.2) is 0 Å². The van der Waals surface area contributed by atoms with Gasteiger partial charge in [-0.3, -0.25) is 0 Å². The van der Waals surface area contributed by atoms with Crippen molar-refractivity contribution in [2.24, 2.45) is 0 Å². The zero-order chi connectivity index (χ0) is 10.7. The van der Waals surface area contributed by atoms with Gasteiger partial charge >= 0.3 is 0 Å². The molecule has 1 heterocycles. The lowest BCUT2D eigenvalue weighted by molar-refractivity contribution is 0.589. The van der Waals surface area contributed by atoms with E-state index < -0.39 is 0 Å². The summed E-state index contributed by atoms with van der Waals surface area (Å²) in [4.78, 5) is 2.32. The molecule has 2 rings (SSSR count). The second-order valence-corrected chi connectivity index (χ2v) is 3.91. The summed E-state index contributed by atoms with van der Waals surface area (Å²) in [5.74, 6) is 0. The highest BCUT2D eigenvalue weighted by molar-refractivity contribution is 5.54. The van der Waals surface area contributed by atoms with Crippen molar-refractivity contribution in [1.82, 2.24) is 5.32 Å². The van der Waals surface area contributed by atoms with Crippen molar-refractivity contribution in [3.05, 3.63) is 29.3 Å². The van der Waals surface area contributed by atoms with E-state index in [-0.39, 0.29) is 0 Å². The summed E-state index contributed by atoms with van der Waals surface area (Å²) < 4.78 is 0. The first-order chi connectivity index (χ1) is 7.29. The smallest absolute Gasteiger partial charge is 0.0992 e. The van der Waals surface area contributed by atoms with Crippen molar-refractivity contribution in [3.63, 3.8) is 0 Å². The Morgan fingerprint density at radius 1 is 1.27 bits per heavy atom. The summed E-state index contributed by atoms with van der Waals surface area (Å²) in [6.45, 7) is 6.13.